The highest BCUT2D eigenvalue weighted by molar-refractivity contribution is 7.14. The quantitative estimate of drug-likeness (QED) is 0.921. The molecule has 0 bridgehead atoms. The molecule has 2 aromatic rings. The molecule has 122 valence electrons. The Labute approximate surface area is 143 Å². The second kappa shape index (κ2) is 7.23. The SMILES string of the molecule is CC1CCCN(C(=O)Cc2csc(NC(=O)c3cccs3)n2)C1. The molecule has 1 aliphatic rings. The topological polar surface area (TPSA) is 62.3 Å². The summed E-state index contributed by atoms with van der Waals surface area (Å²) in [5.41, 5.74) is 0.722. The lowest BCUT2D eigenvalue weighted by Crippen LogP contribution is -2.39. The fourth-order valence-corrected chi connectivity index (χ4v) is 4.02. The van der Waals surface area contributed by atoms with Crippen LogP contribution in [0.25, 0.3) is 0 Å². The number of nitrogens with zero attached hydrogens (tertiary/aromatic N) is 2. The smallest absolute Gasteiger partial charge is 0.267 e. The van der Waals surface area contributed by atoms with Crippen molar-refractivity contribution in [2.24, 2.45) is 5.92 Å². The Morgan fingerprint density at radius 2 is 2.30 bits per heavy atom. The highest BCUT2D eigenvalue weighted by Gasteiger charge is 2.21. The number of aromatic nitrogens is 1. The molecular formula is C16H19N3O2S2. The number of piperidine rings is 1. The largest absolute Gasteiger partial charge is 0.342 e. The second-order valence-electron chi connectivity index (χ2n) is 5.84. The number of thiazole rings is 1. The first-order chi connectivity index (χ1) is 11.1. The minimum atomic E-state index is -0.155. The minimum absolute atomic E-state index is 0.123. The first-order valence-electron chi connectivity index (χ1n) is 7.69. The van der Waals surface area contributed by atoms with Crippen molar-refractivity contribution in [3.8, 4) is 0 Å². The van der Waals surface area contributed by atoms with E-state index in [0.717, 1.165) is 25.2 Å². The molecule has 1 N–H and O–H groups in total. The van der Waals surface area contributed by atoms with Crippen molar-refractivity contribution >= 4 is 39.6 Å². The fraction of sp³-hybridized carbons (Fsp3) is 0.438. The summed E-state index contributed by atoms with van der Waals surface area (Å²) in [7, 11) is 0. The average Bonchev–Trinajstić information content (AvgIpc) is 3.19. The van der Waals surface area contributed by atoms with Crippen LogP contribution in [0, 0.1) is 5.92 Å². The molecule has 0 aromatic carbocycles. The second-order valence-corrected chi connectivity index (χ2v) is 7.65. The number of hydrogen-bond donors (Lipinski definition) is 1. The maximum atomic E-state index is 12.3. The number of carbonyl (C=O) groups is 2. The van der Waals surface area contributed by atoms with Crippen molar-refractivity contribution in [2.75, 3.05) is 18.4 Å². The molecule has 7 heteroatoms. The van der Waals surface area contributed by atoms with E-state index in [0.29, 0.717) is 22.3 Å². The van der Waals surface area contributed by atoms with Crippen LogP contribution in [-0.4, -0.2) is 34.8 Å². The van der Waals surface area contributed by atoms with Gasteiger partial charge in [-0.15, -0.1) is 22.7 Å². The summed E-state index contributed by atoms with van der Waals surface area (Å²) in [5.74, 6) is 0.541. The van der Waals surface area contributed by atoms with Gasteiger partial charge in [0.15, 0.2) is 5.13 Å². The Morgan fingerprint density at radius 3 is 3.04 bits per heavy atom. The number of nitrogens with one attached hydrogen (secondary N) is 1. The number of rotatable bonds is 4. The predicted molar refractivity (Wildman–Crippen MR) is 93.1 cm³/mol. The van der Waals surface area contributed by atoms with E-state index in [9.17, 15) is 9.59 Å². The van der Waals surface area contributed by atoms with E-state index >= 15 is 0 Å². The summed E-state index contributed by atoms with van der Waals surface area (Å²) in [6.45, 7) is 3.86. The molecule has 1 saturated heterocycles. The van der Waals surface area contributed by atoms with Crippen molar-refractivity contribution in [2.45, 2.75) is 26.2 Å². The Balaban J connectivity index is 1.56. The number of amides is 2. The Bertz CT molecular complexity index is 681. The zero-order valence-corrected chi connectivity index (χ0v) is 14.6. The number of hydrogen-bond acceptors (Lipinski definition) is 5. The molecule has 0 saturated carbocycles. The number of likely N-dealkylation sites (tertiary alicyclic amines) is 1. The van der Waals surface area contributed by atoms with Gasteiger partial charge in [0, 0.05) is 18.5 Å². The van der Waals surface area contributed by atoms with Gasteiger partial charge >= 0.3 is 0 Å². The van der Waals surface area contributed by atoms with Crippen molar-refractivity contribution in [3.63, 3.8) is 0 Å². The van der Waals surface area contributed by atoms with Crippen molar-refractivity contribution in [1.29, 1.82) is 0 Å². The molecule has 2 aromatic heterocycles. The van der Waals surface area contributed by atoms with Crippen LogP contribution in [0.2, 0.25) is 0 Å². The van der Waals surface area contributed by atoms with Crippen molar-refractivity contribution < 1.29 is 9.59 Å². The maximum absolute atomic E-state index is 12.3. The molecule has 1 fully saturated rings. The van der Waals surface area contributed by atoms with Crippen molar-refractivity contribution in [1.82, 2.24) is 9.88 Å². The lowest BCUT2D eigenvalue weighted by Gasteiger charge is -2.30. The van der Waals surface area contributed by atoms with E-state index in [1.165, 1.54) is 29.1 Å². The van der Waals surface area contributed by atoms with Crippen LogP contribution >= 0.6 is 22.7 Å². The molecule has 0 spiro atoms. The molecule has 23 heavy (non-hydrogen) atoms. The number of thiophene rings is 1. The van der Waals surface area contributed by atoms with Crippen LogP contribution in [0.3, 0.4) is 0 Å². The molecular weight excluding hydrogens is 330 g/mol. The molecule has 3 rings (SSSR count). The molecule has 2 amide bonds. The summed E-state index contributed by atoms with van der Waals surface area (Å²) in [4.78, 5) is 31.3. The van der Waals surface area contributed by atoms with Gasteiger partial charge in [-0.05, 0) is 30.2 Å². The Morgan fingerprint density at radius 1 is 1.43 bits per heavy atom. The van der Waals surface area contributed by atoms with E-state index < -0.39 is 0 Å². The van der Waals surface area contributed by atoms with Gasteiger partial charge in [-0.3, -0.25) is 14.9 Å². The maximum Gasteiger partial charge on any atom is 0.267 e. The van der Waals surface area contributed by atoms with E-state index in [1.807, 2.05) is 21.7 Å². The van der Waals surface area contributed by atoms with Crippen LogP contribution in [0.15, 0.2) is 22.9 Å². The fourth-order valence-electron chi connectivity index (χ4n) is 2.69. The van der Waals surface area contributed by atoms with Crippen LogP contribution in [0.1, 0.15) is 35.1 Å². The standard InChI is InChI=1S/C16H19N3O2S2/c1-11-4-2-6-19(9-11)14(20)8-12-10-23-16(17-12)18-15(21)13-5-3-7-22-13/h3,5,7,10-11H,2,4,6,8-9H2,1H3,(H,17,18,21). The van der Waals surface area contributed by atoms with E-state index in [-0.39, 0.29) is 11.8 Å². The molecule has 1 atom stereocenters. The third-order valence-electron chi connectivity index (χ3n) is 3.86. The van der Waals surface area contributed by atoms with Gasteiger partial charge in [-0.25, -0.2) is 4.98 Å². The average molecular weight is 349 g/mol. The third kappa shape index (κ3) is 4.17. The zero-order valence-electron chi connectivity index (χ0n) is 12.9. The van der Waals surface area contributed by atoms with Gasteiger partial charge in [0.05, 0.1) is 17.0 Å². The summed E-state index contributed by atoms with van der Waals surface area (Å²) in [6.07, 6.45) is 2.57. The number of carbonyl (C=O) groups excluding carboxylic acids is 2. The van der Waals surface area contributed by atoms with Crippen molar-refractivity contribution in [3.05, 3.63) is 33.5 Å². The van der Waals surface area contributed by atoms with Gasteiger partial charge in [-0.1, -0.05) is 13.0 Å². The molecule has 1 unspecified atom stereocenters. The summed E-state index contributed by atoms with van der Waals surface area (Å²) >= 11 is 2.75. The van der Waals surface area contributed by atoms with E-state index in [2.05, 4.69) is 17.2 Å². The summed E-state index contributed by atoms with van der Waals surface area (Å²) in [6, 6.07) is 3.61. The van der Waals surface area contributed by atoms with Crippen LogP contribution in [0.4, 0.5) is 5.13 Å². The third-order valence-corrected chi connectivity index (χ3v) is 5.53. The van der Waals surface area contributed by atoms with Gasteiger partial charge in [0.1, 0.15) is 0 Å². The summed E-state index contributed by atoms with van der Waals surface area (Å²) < 4.78 is 0. The molecule has 1 aliphatic heterocycles. The molecule has 3 heterocycles. The van der Waals surface area contributed by atoms with E-state index in [4.69, 9.17) is 0 Å². The lowest BCUT2D eigenvalue weighted by molar-refractivity contribution is -0.132. The van der Waals surface area contributed by atoms with Crippen LogP contribution in [0.5, 0.6) is 0 Å². The van der Waals surface area contributed by atoms with E-state index in [1.54, 1.807) is 6.07 Å². The summed E-state index contributed by atoms with van der Waals surface area (Å²) in [5, 5.41) is 7.02. The Hall–Kier alpha value is -1.73. The van der Waals surface area contributed by atoms with Gasteiger partial charge in [-0.2, -0.15) is 0 Å². The number of anilines is 1. The zero-order chi connectivity index (χ0) is 16.2. The van der Waals surface area contributed by atoms with Gasteiger partial charge in [0.25, 0.3) is 5.91 Å². The highest BCUT2D eigenvalue weighted by atomic mass is 32.1. The molecule has 0 radical (unpaired) electrons. The first kappa shape index (κ1) is 16.1. The molecule has 0 aliphatic carbocycles. The van der Waals surface area contributed by atoms with Crippen LogP contribution < -0.4 is 5.32 Å². The van der Waals surface area contributed by atoms with Gasteiger partial charge < -0.3 is 4.90 Å². The normalized spacial score (nSPS) is 18.0. The first-order valence-corrected chi connectivity index (χ1v) is 9.45. The van der Waals surface area contributed by atoms with Crippen LogP contribution in [-0.2, 0) is 11.2 Å². The minimum Gasteiger partial charge on any atom is -0.342 e. The van der Waals surface area contributed by atoms with Gasteiger partial charge in [0.2, 0.25) is 5.91 Å². The highest BCUT2D eigenvalue weighted by Crippen LogP contribution is 2.20. The predicted octanol–water partition coefficient (Wildman–Crippen LogP) is 3.26. The lowest BCUT2D eigenvalue weighted by atomic mass is 10.00. The Kier molecular flexibility index (Phi) is 5.07. The monoisotopic (exact) mass is 349 g/mol. The molecule has 5 nitrogen and oxygen atoms in total.